The summed E-state index contributed by atoms with van der Waals surface area (Å²) in [4.78, 5) is 45.9. The zero-order chi connectivity index (χ0) is 22.5. The van der Waals surface area contributed by atoms with Gasteiger partial charge in [-0.15, -0.1) is 0 Å². The van der Waals surface area contributed by atoms with Crippen molar-refractivity contribution in [2.45, 2.75) is 6.61 Å². The number of carboxylic acids is 1. The number of imide groups is 1. The summed E-state index contributed by atoms with van der Waals surface area (Å²) >= 11 is 0.662. The standard InChI is InChI=1S/C20H16N2O8S/c1-29-16-8-13(9-17-19(25)21(10-18(23)24)20(26)31-17)4-7-15(16)30-11-12-2-5-14(6-3-12)22(27)28/h2-9H,10-11H2,1H3,(H,23,24)/b17-9+. The lowest BCUT2D eigenvalue weighted by molar-refractivity contribution is -0.384. The Bertz CT molecular complexity index is 1080. The summed E-state index contributed by atoms with van der Waals surface area (Å²) in [6, 6.07) is 10.8. The molecule has 3 rings (SSSR count). The molecule has 160 valence electrons. The van der Waals surface area contributed by atoms with Crippen LogP contribution in [0.2, 0.25) is 0 Å². The number of benzene rings is 2. The van der Waals surface area contributed by atoms with Crippen molar-refractivity contribution < 1.29 is 33.9 Å². The quantitative estimate of drug-likeness (QED) is 0.369. The van der Waals surface area contributed by atoms with Crippen LogP contribution in [0.4, 0.5) is 10.5 Å². The van der Waals surface area contributed by atoms with Crippen LogP contribution in [0.3, 0.4) is 0 Å². The van der Waals surface area contributed by atoms with Crippen LogP contribution in [0.25, 0.3) is 6.08 Å². The van der Waals surface area contributed by atoms with Crippen LogP contribution in [0.5, 0.6) is 11.5 Å². The van der Waals surface area contributed by atoms with Crippen molar-refractivity contribution in [2.75, 3.05) is 13.7 Å². The predicted octanol–water partition coefficient (Wildman–Crippen LogP) is 3.30. The van der Waals surface area contributed by atoms with E-state index < -0.39 is 28.6 Å². The molecule has 0 aliphatic carbocycles. The highest BCUT2D eigenvalue weighted by Crippen LogP contribution is 2.34. The maximum absolute atomic E-state index is 12.3. The molecule has 10 nitrogen and oxygen atoms in total. The number of thioether (sulfide) groups is 1. The number of rotatable bonds is 8. The van der Waals surface area contributed by atoms with Crippen molar-refractivity contribution in [1.82, 2.24) is 4.90 Å². The van der Waals surface area contributed by atoms with Gasteiger partial charge in [-0.05, 0) is 53.2 Å². The van der Waals surface area contributed by atoms with Gasteiger partial charge in [-0.3, -0.25) is 29.4 Å². The zero-order valence-electron chi connectivity index (χ0n) is 16.1. The van der Waals surface area contributed by atoms with Gasteiger partial charge in [0.05, 0.1) is 16.9 Å². The minimum Gasteiger partial charge on any atom is -0.493 e. The van der Waals surface area contributed by atoms with E-state index in [9.17, 15) is 24.5 Å². The summed E-state index contributed by atoms with van der Waals surface area (Å²) in [5.41, 5.74) is 1.27. The average molecular weight is 444 g/mol. The Kier molecular flexibility index (Phi) is 6.55. The molecular formula is C20H16N2O8S. The molecule has 1 aliphatic rings. The third-order valence-corrected chi connectivity index (χ3v) is 5.10. The number of nitrogens with zero attached hydrogens (tertiary/aromatic N) is 2. The lowest BCUT2D eigenvalue weighted by atomic mass is 10.1. The van der Waals surface area contributed by atoms with E-state index in [-0.39, 0.29) is 17.2 Å². The number of nitro benzene ring substituents is 1. The molecule has 1 aliphatic heterocycles. The first-order valence-electron chi connectivity index (χ1n) is 8.80. The largest absolute Gasteiger partial charge is 0.493 e. The number of carbonyl (C=O) groups is 3. The fourth-order valence-electron chi connectivity index (χ4n) is 2.69. The Morgan fingerprint density at radius 3 is 2.52 bits per heavy atom. The molecule has 0 bridgehead atoms. The predicted molar refractivity (Wildman–Crippen MR) is 111 cm³/mol. The number of ether oxygens (including phenoxy) is 2. The highest BCUT2D eigenvalue weighted by Gasteiger charge is 2.36. The number of carboxylic acid groups (broad SMARTS) is 1. The monoisotopic (exact) mass is 444 g/mol. The molecule has 0 unspecified atom stereocenters. The van der Waals surface area contributed by atoms with Gasteiger partial charge in [-0.25, -0.2) is 0 Å². The summed E-state index contributed by atoms with van der Waals surface area (Å²) in [6.07, 6.45) is 1.47. The molecule has 0 spiro atoms. The Morgan fingerprint density at radius 2 is 1.90 bits per heavy atom. The van der Waals surface area contributed by atoms with Crippen LogP contribution < -0.4 is 9.47 Å². The first-order chi connectivity index (χ1) is 14.8. The minimum atomic E-state index is -1.28. The minimum absolute atomic E-state index is 0.0153. The summed E-state index contributed by atoms with van der Waals surface area (Å²) in [5.74, 6) is -1.16. The van der Waals surface area contributed by atoms with Gasteiger partial charge in [-0.1, -0.05) is 6.07 Å². The maximum atomic E-state index is 12.3. The first kappa shape index (κ1) is 21.8. The summed E-state index contributed by atoms with van der Waals surface area (Å²) in [5, 5.41) is 18.9. The lowest BCUT2D eigenvalue weighted by Crippen LogP contribution is -2.33. The van der Waals surface area contributed by atoms with E-state index in [2.05, 4.69) is 0 Å². The molecule has 2 aromatic rings. The van der Waals surface area contributed by atoms with E-state index in [1.54, 1.807) is 30.3 Å². The van der Waals surface area contributed by atoms with Gasteiger partial charge in [0.2, 0.25) is 0 Å². The van der Waals surface area contributed by atoms with Crippen molar-refractivity contribution in [3.63, 3.8) is 0 Å². The molecular weight excluding hydrogens is 428 g/mol. The van der Waals surface area contributed by atoms with Crippen LogP contribution in [0, 0.1) is 10.1 Å². The smallest absolute Gasteiger partial charge is 0.323 e. The van der Waals surface area contributed by atoms with Gasteiger partial charge in [0, 0.05) is 12.1 Å². The van der Waals surface area contributed by atoms with Crippen LogP contribution in [0.1, 0.15) is 11.1 Å². The molecule has 1 N–H and O–H groups in total. The van der Waals surface area contributed by atoms with Crippen molar-refractivity contribution in [2.24, 2.45) is 0 Å². The van der Waals surface area contributed by atoms with Gasteiger partial charge in [0.15, 0.2) is 11.5 Å². The van der Waals surface area contributed by atoms with E-state index >= 15 is 0 Å². The number of nitro groups is 1. The summed E-state index contributed by atoms with van der Waals surface area (Å²) in [6.45, 7) is -0.539. The highest BCUT2D eigenvalue weighted by molar-refractivity contribution is 8.18. The number of hydrogen-bond donors (Lipinski definition) is 1. The highest BCUT2D eigenvalue weighted by atomic mass is 32.2. The normalized spacial score (nSPS) is 14.7. The maximum Gasteiger partial charge on any atom is 0.323 e. The van der Waals surface area contributed by atoms with E-state index in [0.717, 1.165) is 5.56 Å². The molecule has 1 heterocycles. The second-order valence-corrected chi connectivity index (χ2v) is 7.28. The number of carbonyl (C=O) groups excluding carboxylic acids is 2. The van der Waals surface area contributed by atoms with Gasteiger partial charge in [0.25, 0.3) is 16.8 Å². The molecule has 0 radical (unpaired) electrons. The van der Waals surface area contributed by atoms with E-state index in [4.69, 9.17) is 14.6 Å². The van der Waals surface area contributed by atoms with Gasteiger partial charge >= 0.3 is 5.97 Å². The fraction of sp³-hybridized carbons (Fsp3) is 0.150. The molecule has 2 amide bonds. The Hall–Kier alpha value is -3.86. The number of aliphatic carboxylic acids is 1. The van der Waals surface area contributed by atoms with E-state index in [0.29, 0.717) is 33.7 Å². The second kappa shape index (κ2) is 9.30. The summed E-state index contributed by atoms with van der Waals surface area (Å²) in [7, 11) is 1.44. The molecule has 0 atom stereocenters. The number of methoxy groups -OCH3 is 1. The number of non-ortho nitro benzene ring substituents is 1. The van der Waals surface area contributed by atoms with Crippen LogP contribution in [-0.4, -0.2) is 45.7 Å². The van der Waals surface area contributed by atoms with Gasteiger partial charge in [0.1, 0.15) is 13.2 Å². The molecule has 31 heavy (non-hydrogen) atoms. The second-order valence-electron chi connectivity index (χ2n) is 6.28. The average Bonchev–Trinajstić information content (AvgIpc) is 2.99. The Labute approximate surface area is 180 Å². The summed E-state index contributed by atoms with van der Waals surface area (Å²) < 4.78 is 11.0. The molecule has 1 fully saturated rings. The van der Waals surface area contributed by atoms with Crippen LogP contribution in [-0.2, 0) is 16.2 Å². The lowest BCUT2D eigenvalue weighted by Gasteiger charge is -2.11. The number of hydrogen-bond acceptors (Lipinski definition) is 8. The van der Waals surface area contributed by atoms with E-state index in [1.807, 2.05) is 0 Å². The first-order valence-corrected chi connectivity index (χ1v) is 9.61. The SMILES string of the molecule is COc1cc(/C=C2/SC(=O)N(CC(=O)O)C2=O)ccc1OCc1ccc([N+](=O)[O-])cc1. The number of amides is 2. The van der Waals surface area contributed by atoms with Crippen molar-refractivity contribution >= 4 is 40.6 Å². The molecule has 0 aromatic heterocycles. The molecule has 1 saturated heterocycles. The molecule has 0 saturated carbocycles. The molecule has 2 aromatic carbocycles. The van der Waals surface area contributed by atoms with Crippen molar-refractivity contribution in [3.8, 4) is 11.5 Å². The van der Waals surface area contributed by atoms with Crippen LogP contribution >= 0.6 is 11.8 Å². The Morgan fingerprint density at radius 1 is 1.19 bits per heavy atom. The van der Waals surface area contributed by atoms with Gasteiger partial charge in [-0.2, -0.15) is 0 Å². The van der Waals surface area contributed by atoms with Crippen molar-refractivity contribution in [1.29, 1.82) is 0 Å². The zero-order valence-corrected chi connectivity index (χ0v) is 17.0. The fourth-order valence-corrected chi connectivity index (χ4v) is 3.53. The van der Waals surface area contributed by atoms with Crippen molar-refractivity contribution in [3.05, 3.63) is 68.6 Å². The Balaban J connectivity index is 1.73. The third kappa shape index (κ3) is 5.20. The van der Waals surface area contributed by atoms with Crippen LogP contribution in [0.15, 0.2) is 47.4 Å². The van der Waals surface area contributed by atoms with E-state index in [1.165, 1.54) is 25.3 Å². The molecule has 11 heteroatoms. The third-order valence-electron chi connectivity index (χ3n) is 4.19. The van der Waals surface area contributed by atoms with Gasteiger partial charge < -0.3 is 14.6 Å². The topological polar surface area (TPSA) is 136 Å².